The zero-order chi connectivity index (χ0) is 15.7. The standard InChI is InChI=1S/C15H30N2O3/c1-11(2)7-6-8-13(4)16-14(18)10-17(5)9-12(3)15(19)20/h11-13H,6-10H2,1-5H3,(H,16,18)(H,19,20). The molecule has 0 aliphatic rings. The van der Waals surface area contributed by atoms with Crippen molar-refractivity contribution in [2.24, 2.45) is 11.8 Å². The molecule has 0 rings (SSSR count). The molecular weight excluding hydrogens is 256 g/mol. The van der Waals surface area contributed by atoms with Crippen LogP contribution < -0.4 is 5.32 Å². The van der Waals surface area contributed by atoms with Crippen LogP contribution in [-0.4, -0.2) is 48.1 Å². The van der Waals surface area contributed by atoms with E-state index in [0.29, 0.717) is 12.5 Å². The SMILES string of the molecule is CC(C)CCCC(C)NC(=O)CN(C)CC(C)C(=O)O. The summed E-state index contributed by atoms with van der Waals surface area (Å²) in [7, 11) is 1.77. The first-order valence-electron chi connectivity index (χ1n) is 7.43. The Kier molecular flexibility index (Phi) is 9.21. The summed E-state index contributed by atoms with van der Waals surface area (Å²) in [5.74, 6) is -0.640. The van der Waals surface area contributed by atoms with Crippen molar-refractivity contribution >= 4 is 11.9 Å². The number of nitrogens with one attached hydrogen (secondary N) is 1. The third-order valence-corrected chi connectivity index (χ3v) is 3.25. The van der Waals surface area contributed by atoms with Gasteiger partial charge in [0.2, 0.25) is 5.91 Å². The van der Waals surface area contributed by atoms with Gasteiger partial charge in [0.25, 0.3) is 0 Å². The first-order chi connectivity index (χ1) is 9.22. The van der Waals surface area contributed by atoms with Gasteiger partial charge in [-0.15, -0.1) is 0 Å². The lowest BCUT2D eigenvalue weighted by Crippen LogP contribution is -2.41. The van der Waals surface area contributed by atoms with Gasteiger partial charge in [-0.25, -0.2) is 0 Å². The summed E-state index contributed by atoms with van der Waals surface area (Å²) in [6.07, 6.45) is 3.28. The topological polar surface area (TPSA) is 69.6 Å². The molecule has 2 N–H and O–H groups in total. The summed E-state index contributed by atoms with van der Waals surface area (Å²) in [5, 5.41) is 11.8. The molecule has 0 aromatic heterocycles. The van der Waals surface area contributed by atoms with Crippen molar-refractivity contribution in [1.82, 2.24) is 10.2 Å². The Morgan fingerprint density at radius 3 is 2.25 bits per heavy atom. The van der Waals surface area contributed by atoms with Gasteiger partial charge in [-0.1, -0.05) is 33.6 Å². The number of amides is 1. The monoisotopic (exact) mass is 286 g/mol. The van der Waals surface area contributed by atoms with E-state index < -0.39 is 11.9 Å². The number of likely N-dealkylation sites (N-methyl/N-ethyl adjacent to an activating group) is 1. The highest BCUT2D eigenvalue weighted by Crippen LogP contribution is 2.08. The minimum atomic E-state index is -0.834. The second kappa shape index (κ2) is 9.75. The molecule has 0 saturated carbocycles. The lowest BCUT2D eigenvalue weighted by Gasteiger charge is -2.20. The van der Waals surface area contributed by atoms with Crippen molar-refractivity contribution in [3.05, 3.63) is 0 Å². The number of carboxylic acid groups (broad SMARTS) is 1. The first kappa shape index (κ1) is 18.9. The number of carbonyl (C=O) groups is 2. The van der Waals surface area contributed by atoms with E-state index in [1.165, 1.54) is 6.42 Å². The average Bonchev–Trinajstić information content (AvgIpc) is 2.27. The van der Waals surface area contributed by atoms with Crippen LogP contribution >= 0.6 is 0 Å². The summed E-state index contributed by atoms with van der Waals surface area (Å²) < 4.78 is 0. The molecule has 5 heteroatoms. The lowest BCUT2D eigenvalue weighted by atomic mass is 10.0. The van der Waals surface area contributed by atoms with Crippen LogP contribution in [0.4, 0.5) is 0 Å². The summed E-state index contributed by atoms with van der Waals surface area (Å²) in [6, 6.07) is 0.173. The van der Waals surface area contributed by atoms with Crippen LogP contribution in [0.25, 0.3) is 0 Å². The molecule has 0 aliphatic heterocycles. The lowest BCUT2D eigenvalue weighted by molar-refractivity contribution is -0.142. The molecule has 0 spiro atoms. The predicted octanol–water partition coefficient (Wildman–Crippen LogP) is 1.97. The maximum atomic E-state index is 11.8. The van der Waals surface area contributed by atoms with Gasteiger partial charge in [0.05, 0.1) is 12.5 Å². The normalized spacial score (nSPS) is 14.3. The van der Waals surface area contributed by atoms with Crippen LogP contribution in [0.1, 0.15) is 47.0 Å². The number of hydrogen-bond acceptors (Lipinski definition) is 3. The van der Waals surface area contributed by atoms with Crippen LogP contribution in [0.15, 0.2) is 0 Å². The minimum absolute atomic E-state index is 0.0397. The van der Waals surface area contributed by atoms with Gasteiger partial charge in [-0.3, -0.25) is 14.5 Å². The van der Waals surface area contributed by atoms with Gasteiger partial charge >= 0.3 is 5.97 Å². The number of rotatable bonds is 10. The second-order valence-corrected chi connectivity index (χ2v) is 6.23. The van der Waals surface area contributed by atoms with E-state index in [9.17, 15) is 9.59 Å². The van der Waals surface area contributed by atoms with Crippen molar-refractivity contribution in [2.45, 2.75) is 53.0 Å². The zero-order valence-electron chi connectivity index (χ0n) is 13.5. The molecule has 0 saturated heterocycles. The van der Waals surface area contributed by atoms with E-state index in [4.69, 9.17) is 5.11 Å². The van der Waals surface area contributed by atoms with Gasteiger partial charge in [0.15, 0.2) is 0 Å². The molecule has 5 nitrogen and oxygen atoms in total. The highest BCUT2D eigenvalue weighted by Gasteiger charge is 2.16. The molecular formula is C15H30N2O3. The van der Waals surface area contributed by atoms with Gasteiger partial charge in [0, 0.05) is 12.6 Å². The molecule has 118 valence electrons. The molecule has 0 heterocycles. The Labute approximate surface area is 122 Å². The predicted molar refractivity (Wildman–Crippen MR) is 80.6 cm³/mol. The van der Waals surface area contributed by atoms with Gasteiger partial charge in [-0.05, 0) is 26.3 Å². The molecule has 2 atom stereocenters. The molecule has 0 bridgehead atoms. The van der Waals surface area contributed by atoms with Crippen LogP contribution in [0.5, 0.6) is 0 Å². The summed E-state index contributed by atoms with van der Waals surface area (Å²) in [6.45, 7) is 8.67. The van der Waals surface area contributed by atoms with Gasteiger partial charge < -0.3 is 10.4 Å². The summed E-state index contributed by atoms with van der Waals surface area (Å²) >= 11 is 0. The third-order valence-electron chi connectivity index (χ3n) is 3.25. The maximum absolute atomic E-state index is 11.8. The van der Waals surface area contributed by atoms with Gasteiger partial charge in [-0.2, -0.15) is 0 Å². The van der Waals surface area contributed by atoms with Gasteiger partial charge in [0.1, 0.15) is 0 Å². The number of carbonyl (C=O) groups excluding carboxylic acids is 1. The molecule has 0 radical (unpaired) electrons. The van der Waals surface area contributed by atoms with E-state index in [2.05, 4.69) is 19.2 Å². The fourth-order valence-corrected chi connectivity index (χ4v) is 2.08. The zero-order valence-corrected chi connectivity index (χ0v) is 13.5. The Morgan fingerprint density at radius 2 is 1.75 bits per heavy atom. The number of nitrogens with zero attached hydrogens (tertiary/aromatic N) is 1. The van der Waals surface area contributed by atoms with E-state index in [-0.39, 0.29) is 18.5 Å². The van der Waals surface area contributed by atoms with Crippen molar-refractivity contribution in [1.29, 1.82) is 0 Å². The summed E-state index contributed by atoms with van der Waals surface area (Å²) in [5.41, 5.74) is 0. The molecule has 0 aromatic rings. The second-order valence-electron chi connectivity index (χ2n) is 6.23. The van der Waals surface area contributed by atoms with Crippen LogP contribution in [-0.2, 0) is 9.59 Å². The highest BCUT2D eigenvalue weighted by atomic mass is 16.4. The fourth-order valence-electron chi connectivity index (χ4n) is 2.08. The Hall–Kier alpha value is -1.10. The first-order valence-corrected chi connectivity index (χ1v) is 7.43. The average molecular weight is 286 g/mol. The Bertz CT molecular complexity index is 305. The van der Waals surface area contributed by atoms with E-state index in [1.807, 2.05) is 6.92 Å². The van der Waals surface area contributed by atoms with Crippen LogP contribution in [0.2, 0.25) is 0 Å². The number of aliphatic carboxylic acids is 1. The van der Waals surface area contributed by atoms with E-state index >= 15 is 0 Å². The van der Waals surface area contributed by atoms with Crippen LogP contribution in [0.3, 0.4) is 0 Å². The molecule has 0 aromatic carbocycles. The molecule has 1 amide bonds. The van der Waals surface area contributed by atoms with E-state index in [0.717, 1.165) is 12.8 Å². The van der Waals surface area contributed by atoms with Crippen molar-refractivity contribution in [3.63, 3.8) is 0 Å². The van der Waals surface area contributed by atoms with E-state index in [1.54, 1.807) is 18.9 Å². The number of hydrogen-bond donors (Lipinski definition) is 2. The quantitative estimate of drug-likeness (QED) is 0.644. The molecule has 2 unspecified atom stereocenters. The summed E-state index contributed by atoms with van der Waals surface area (Å²) in [4.78, 5) is 24.3. The molecule has 0 aliphatic carbocycles. The fraction of sp³-hybridized carbons (Fsp3) is 0.867. The molecule has 20 heavy (non-hydrogen) atoms. The van der Waals surface area contributed by atoms with Crippen LogP contribution in [0, 0.1) is 11.8 Å². The Balaban J connectivity index is 3.88. The smallest absolute Gasteiger partial charge is 0.307 e. The Morgan fingerprint density at radius 1 is 1.15 bits per heavy atom. The highest BCUT2D eigenvalue weighted by molar-refractivity contribution is 5.78. The van der Waals surface area contributed by atoms with Crippen molar-refractivity contribution in [3.8, 4) is 0 Å². The van der Waals surface area contributed by atoms with Crippen molar-refractivity contribution in [2.75, 3.05) is 20.1 Å². The number of carboxylic acids is 1. The largest absolute Gasteiger partial charge is 0.481 e. The molecule has 0 fully saturated rings. The minimum Gasteiger partial charge on any atom is -0.481 e. The third kappa shape index (κ3) is 9.78. The maximum Gasteiger partial charge on any atom is 0.307 e. The van der Waals surface area contributed by atoms with Crippen molar-refractivity contribution < 1.29 is 14.7 Å².